The van der Waals surface area contributed by atoms with Gasteiger partial charge in [0.05, 0.1) is 4.92 Å². The third-order valence-corrected chi connectivity index (χ3v) is 2.22. The van der Waals surface area contributed by atoms with Crippen LogP contribution in [0.2, 0.25) is 0 Å². The highest BCUT2D eigenvalue weighted by atomic mass is 16.6. The maximum Gasteiger partial charge on any atom is 0.292 e. The molecule has 1 heterocycles. The standard InChI is InChI=1S/C11H9N3O2/c12-10-4-3-8(6-11(10)14(15)16)9-2-1-5-13-7-9/h1-7H,12H2. The molecule has 2 rings (SSSR count). The number of pyridine rings is 1. The molecule has 2 aromatic rings. The van der Waals surface area contributed by atoms with Crippen molar-refractivity contribution in [3.8, 4) is 11.1 Å². The van der Waals surface area contributed by atoms with E-state index in [2.05, 4.69) is 4.98 Å². The van der Waals surface area contributed by atoms with Gasteiger partial charge in [-0.3, -0.25) is 15.1 Å². The largest absolute Gasteiger partial charge is 0.393 e. The Hall–Kier alpha value is -2.43. The summed E-state index contributed by atoms with van der Waals surface area (Å²) in [6, 6.07) is 8.33. The van der Waals surface area contributed by atoms with Crippen LogP contribution in [0.25, 0.3) is 11.1 Å². The quantitative estimate of drug-likeness (QED) is 0.473. The lowest BCUT2D eigenvalue weighted by atomic mass is 10.1. The van der Waals surface area contributed by atoms with Crippen molar-refractivity contribution >= 4 is 11.4 Å². The van der Waals surface area contributed by atoms with E-state index in [9.17, 15) is 10.1 Å². The molecule has 16 heavy (non-hydrogen) atoms. The Balaban J connectivity index is 2.52. The van der Waals surface area contributed by atoms with Gasteiger partial charge in [-0.1, -0.05) is 12.1 Å². The molecule has 5 nitrogen and oxygen atoms in total. The smallest absolute Gasteiger partial charge is 0.292 e. The number of aromatic nitrogens is 1. The van der Waals surface area contributed by atoms with Crippen LogP contribution in [-0.4, -0.2) is 9.91 Å². The molecule has 1 aromatic carbocycles. The monoisotopic (exact) mass is 215 g/mol. The fourth-order valence-electron chi connectivity index (χ4n) is 1.41. The van der Waals surface area contributed by atoms with E-state index >= 15 is 0 Å². The van der Waals surface area contributed by atoms with Crippen molar-refractivity contribution in [2.75, 3.05) is 5.73 Å². The first-order valence-corrected chi connectivity index (χ1v) is 4.63. The third kappa shape index (κ3) is 1.83. The third-order valence-electron chi connectivity index (χ3n) is 2.22. The summed E-state index contributed by atoms with van der Waals surface area (Å²) in [4.78, 5) is 14.2. The van der Waals surface area contributed by atoms with E-state index in [-0.39, 0.29) is 11.4 Å². The molecule has 0 bridgehead atoms. The molecule has 2 N–H and O–H groups in total. The Bertz CT molecular complexity index is 526. The molecule has 0 aliphatic rings. The van der Waals surface area contributed by atoms with Crippen molar-refractivity contribution in [2.45, 2.75) is 0 Å². The summed E-state index contributed by atoms with van der Waals surface area (Å²) in [5.41, 5.74) is 7.15. The molecular weight excluding hydrogens is 206 g/mol. The number of nitrogens with zero attached hydrogens (tertiary/aromatic N) is 2. The topological polar surface area (TPSA) is 82.0 Å². The van der Waals surface area contributed by atoms with Gasteiger partial charge in [0.2, 0.25) is 0 Å². The SMILES string of the molecule is Nc1ccc(-c2cccnc2)cc1[N+](=O)[O-]. The van der Waals surface area contributed by atoms with Gasteiger partial charge < -0.3 is 5.73 Å². The van der Waals surface area contributed by atoms with Gasteiger partial charge in [-0.15, -0.1) is 0 Å². The van der Waals surface area contributed by atoms with Crippen LogP contribution in [0.1, 0.15) is 0 Å². The van der Waals surface area contributed by atoms with Gasteiger partial charge in [0, 0.05) is 24.0 Å². The van der Waals surface area contributed by atoms with Gasteiger partial charge in [-0.2, -0.15) is 0 Å². The van der Waals surface area contributed by atoms with Gasteiger partial charge >= 0.3 is 0 Å². The Morgan fingerprint density at radius 3 is 2.69 bits per heavy atom. The number of nitrogens with two attached hydrogens (primary N) is 1. The molecule has 0 atom stereocenters. The number of rotatable bonds is 2. The van der Waals surface area contributed by atoms with Crippen molar-refractivity contribution in [2.24, 2.45) is 0 Å². The fourth-order valence-corrected chi connectivity index (χ4v) is 1.41. The van der Waals surface area contributed by atoms with Crippen LogP contribution < -0.4 is 5.73 Å². The van der Waals surface area contributed by atoms with Crippen LogP contribution in [-0.2, 0) is 0 Å². The lowest BCUT2D eigenvalue weighted by molar-refractivity contribution is -0.383. The van der Waals surface area contributed by atoms with Crippen molar-refractivity contribution < 1.29 is 4.92 Å². The van der Waals surface area contributed by atoms with Gasteiger partial charge in [-0.25, -0.2) is 0 Å². The van der Waals surface area contributed by atoms with Crippen LogP contribution in [0.3, 0.4) is 0 Å². The number of nitro groups is 1. The summed E-state index contributed by atoms with van der Waals surface area (Å²) in [6.45, 7) is 0. The molecule has 0 saturated heterocycles. The van der Waals surface area contributed by atoms with E-state index in [1.54, 1.807) is 24.5 Å². The molecule has 0 saturated carbocycles. The van der Waals surface area contributed by atoms with Crippen LogP contribution >= 0.6 is 0 Å². The van der Waals surface area contributed by atoms with E-state index in [1.807, 2.05) is 6.07 Å². The second-order valence-corrected chi connectivity index (χ2v) is 3.27. The molecule has 0 amide bonds. The predicted octanol–water partition coefficient (Wildman–Crippen LogP) is 2.24. The first kappa shape index (κ1) is 10.1. The van der Waals surface area contributed by atoms with E-state index < -0.39 is 4.92 Å². The normalized spacial score (nSPS) is 10.0. The van der Waals surface area contributed by atoms with Crippen LogP contribution in [0.15, 0.2) is 42.7 Å². The van der Waals surface area contributed by atoms with Gasteiger partial charge in [0.15, 0.2) is 0 Å². The Kier molecular flexibility index (Phi) is 2.51. The highest BCUT2D eigenvalue weighted by Crippen LogP contribution is 2.27. The second kappa shape index (κ2) is 3.98. The number of hydrogen-bond donors (Lipinski definition) is 1. The van der Waals surface area contributed by atoms with Crippen molar-refractivity contribution in [3.05, 3.63) is 52.8 Å². The first-order chi connectivity index (χ1) is 7.68. The van der Waals surface area contributed by atoms with Gasteiger partial charge in [0.1, 0.15) is 5.69 Å². The van der Waals surface area contributed by atoms with Crippen LogP contribution in [0.5, 0.6) is 0 Å². The average molecular weight is 215 g/mol. The summed E-state index contributed by atoms with van der Waals surface area (Å²) < 4.78 is 0. The van der Waals surface area contributed by atoms with E-state index in [0.29, 0.717) is 0 Å². The van der Waals surface area contributed by atoms with E-state index in [1.165, 1.54) is 12.1 Å². The van der Waals surface area contributed by atoms with Crippen molar-refractivity contribution in [3.63, 3.8) is 0 Å². The van der Waals surface area contributed by atoms with Gasteiger partial charge in [0.25, 0.3) is 5.69 Å². The Labute approximate surface area is 91.7 Å². The molecular formula is C11H9N3O2. The molecule has 0 aliphatic heterocycles. The minimum absolute atomic E-state index is 0.0821. The number of nitrogen functional groups attached to an aromatic ring is 1. The minimum atomic E-state index is -0.491. The van der Waals surface area contributed by atoms with Crippen LogP contribution in [0, 0.1) is 10.1 Å². The zero-order valence-electron chi connectivity index (χ0n) is 8.33. The summed E-state index contributed by atoms with van der Waals surface area (Å²) >= 11 is 0. The highest BCUT2D eigenvalue weighted by Gasteiger charge is 2.12. The van der Waals surface area contributed by atoms with Crippen LogP contribution in [0.4, 0.5) is 11.4 Å². The zero-order chi connectivity index (χ0) is 11.5. The van der Waals surface area contributed by atoms with E-state index in [0.717, 1.165) is 11.1 Å². The molecule has 0 unspecified atom stereocenters. The Morgan fingerprint density at radius 1 is 1.25 bits per heavy atom. The molecule has 0 fully saturated rings. The summed E-state index contributed by atoms with van der Waals surface area (Å²) in [5.74, 6) is 0. The van der Waals surface area contributed by atoms with Crippen molar-refractivity contribution in [1.29, 1.82) is 0 Å². The molecule has 0 spiro atoms. The number of nitro benzene ring substituents is 1. The number of anilines is 1. The van der Waals surface area contributed by atoms with E-state index in [4.69, 9.17) is 5.73 Å². The molecule has 5 heteroatoms. The number of benzene rings is 1. The maximum atomic E-state index is 10.7. The predicted molar refractivity (Wildman–Crippen MR) is 60.7 cm³/mol. The molecule has 80 valence electrons. The summed E-state index contributed by atoms with van der Waals surface area (Å²) in [6.07, 6.45) is 3.30. The maximum absolute atomic E-state index is 10.7. The zero-order valence-corrected chi connectivity index (χ0v) is 8.33. The second-order valence-electron chi connectivity index (χ2n) is 3.27. The fraction of sp³-hybridized carbons (Fsp3) is 0. The minimum Gasteiger partial charge on any atom is -0.393 e. The van der Waals surface area contributed by atoms with Gasteiger partial charge in [-0.05, 0) is 17.7 Å². The average Bonchev–Trinajstić information content (AvgIpc) is 2.30. The summed E-state index contributed by atoms with van der Waals surface area (Å²) in [7, 11) is 0. The summed E-state index contributed by atoms with van der Waals surface area (Å²) in [5, 5.41) is 10.7. The number of hydrogen-bond acceptors (Lipinski definition) is 4. The lowest BCUT2D eigenvalue weighted by Gasteiger charge is -2.02. The highest BCUT2D eigenvalue weighted by molar-refractivity contribution is 5.71. The molecule has 0 radical (unpaired) electrons. The molecule has 1 aromatic heterocycles. The Morgan fingerprint density at radius 2 is 2.06 bits per heavy atom. The van der Waals surface area contributed by atoms with Crippen molar-refractivity contribution in [1.82, 2.24) is 4.98 Å². The molecule has 0 aliphatic carbocycles. The lowest BCUT2D eigenvalue weighted by Crippen LogP contribution is -1.95. The first-order valence-electron chi connectivity index (χ1n) is 4.63.